The molecule has 0 saturated carbocycles. The van der Waals surface area contributed by atoms with Crippen molar-refractivity contribution in [1.82, 2.24) is 0 Å². The standard InChI is InChI=1S/C7H5F3O2/c8-7(9,10)6(11)3-5-1-2-12-4-5/h1-2,4H,3H2. The second-order valence-corrected chi connectivity index (χ2v) is 2.23. The van der Waals surface area contributed by atoms with E-state index < -0.39 is 18.4 Å². The van der Waals surface area contributed by atoms with Crippen molar-refractivity contribution in [3.8, 4) is 0 Å². The van der Waals surface area contributed by atoms with Crippen molar-refractivity contribution in [2.24, 2.45) is 0 Å². The van der Waals surface area contributed by atoms with Crippen LogP contribution in [0.5, 0.6) is 0 Å². The number of alkyl halides is 3. The van der Waals surface area contributed by atoms with E-state index >= 15 is 0 Å². The Bertz CT molecular complexity index is 261. The van der Waals surface area contributed by atoms with Crippen LogP contribution < -0.4 is 0 Å². The van der Waals surface area contributed by atoms with Crippen LogP contribution in [0.3, 0.4) is 0 Å². The first-order valence-corrected chi connectivity index (χ1v) is 3.11. The van der Waals surface area contributed by atoms with Crippen LogP contribution in [-0.4, -0.2) is 12.0 Å². The van der Waals surface area contributed by atoms with E-state index in [0.717, 1.165) is 6.26 Å². The van der Waals surface area contributed by atoms with Gasteiger partial charge in [0.1, 0.15) is 0 Å². The SMILES string of the molecule is O=C(Cc1ccoc1)C(F)(F)F. The maximum atomic E-state index is 11.7. The van der Waals surface area contributed by atoms with Crippen LogP contribution in [0, 0.1) is 0 Å². The van der Waals surface area contributed by atoms with Gasteiger partial charge in [0.2, 0.25) is 5.78 Å². The molecule has 0 aromatic carbocycles. The first-order valence-electron chi connectivity index (χ1n) is 3.11. The molecule has 0 saturated heterocycles. The third-order valence-corrected chi connectivity index (χ3v) is 1.26. The lowest BCUT2D eigenvalue weighted by Gasteiger charge is -2.01. The lowest BCUT2D eigenvalue weighted by Crippen LogP contribution is -2.24. The second kappa shape index (κ2) is 3.00. The van der Waals surface area contributed by atoms with E-state index in [4.69, 9.17) is 0 Å². The maximum absolute atomic E-state index is 11.7. The zero-order valence-electron chi connectivity index (χ0n) is 5.89. The minimum atomic E-state index is -4.75. The van der Waals surface area contributed by atoms with E-state index in [1.807, 2.05) is 0 Å². The first-order chi connectivity index (χ1) is 5.50. The lowest BCUT2D eigenvalue weighted by molar-refractivity contribution is -0.170. The van der Waals surface area contributed by atoms with Crippen LogP contribution in [0.2, 0.25) is 0 Å². The zero-order chi connectivity index (χ0) is 9.19. The number of Topliss-reactive ketones (excluding diaryl/α,β-unsaturated/α-hetero) is 1. The van der Waals surface area contributed by atoms with Crippen LogP contribution in [0.1, 0.15) is 5.56 Å². The summed E-state index contributed by atoms with van der Waals surface area (Å²) in [6.07, 6.45) is -3.07. The van der Waals surface area contributed by atoms with Crippen LogP contribution in [0.25, 0.3) is 0 Å². The maximum Gasteiger partial charge on any atom is 0.450 e. The topological polar surface area (TPSA) is 30.2 Å². The Morgan fingerprint density at radius 1 is 1.50 bits per heavy atom. The van der Waals surface area contributed by atoms with E-state index in [2.05, 4.69) is 4.42 Å². The molecule has 1 rings (SSSR count). The summed E-state index contributed by atoms with van der Waals surface area (Å²) in [5, 5.41) is 0. The van der Waals surface area contributed by atoms with Crippen molar-refractivity contribution in [2.75, 3.05) is 0 Å². The van der Waals surface area contributed by atoms with Crippen molar-refractivity contribution in [2.45, 2.75) is 12.6 Å². The van der Waals surface area contributed by atoms with E-state index in [1.54, 1.807) is 0 Å². The summed E-state index contributed by atoms with van der Waals surface area (Å²) in [5.74, 6) is -1.76. The fraction of sp³-hybridized carbons (Fsp3) is 0.286. The summed E-state index contributed by atoms with van der Waals surface area (Å²) in [4.78, 5) is 10.4. The highest BCUT2D eigenvalue weighted by Crippen LogP contribution is 2.18. The number of ketones is 1. The van der Waals surface area contributed by atoms with E-state index in [9.17, 15) is 18.0 Å². The molecular weight excluding hydrogens is 173 g/mol. The van der Waals surface area contributed by atoms with Crippen molar-refractivity contribution >= 4 is 5.78 Å². The van der Waals surface area contributed by atoms with Gasteiger partial charge in [-0.25, -0.2) is 0 Å². The van der Waals surface area contributed by atoms with Gasteiger partial charge >= 0.3 is 6.18 Å². The molecule has 1 heterocycles. The number of halogens is 3. The highest BCUT2D eigenvalue weighted by atomic mass is 19.4. The van der Waals surface area contributed by atoms with Gasteiger partial charge in [0.05, 0.1) is 12.5 Å². The molecule has 0 unspecified atom stereocenters. The molecule has 12 heavy (non-hydrogen) atoms. The molecule has 0 spiro atoms. The third-order valence-electron chi connectivity index (χ3n) is 1.26. The van der Waals surface area contributed by atoms with Gasteiger partial charge in [-0.1, -0.05) is 0 Å². The summed E-state index contributed by atoms with van der Waals surface area (Å²) in [6, 6.07) is 1.32. The van der Waals surface area contributed by atoms with Gasteiger partial charge in [0, 0.05) is 6.42 Å². The Morgan fingerprint density at radius 2 is 2.17 bits per heavy atom. The molecule has 2 nitrogen and oxygen atoms in total. The van der Waals surface area contributed by atoms with Crippen LogP contribution in [0.4, 0.5) is 13.2 Å². The minimum Gasteiger partial charge on any atom is -0.472 e. The van der Waals surface area contributed by atoms with Gasteiger partial charge < -0.3 is 4.42 Å². The van der Waals surface area contributed by atoms with Crippen molar-refractivity contribution < 1.29 is 22.4 Å². The molecule has 0 radical (unpaired) electrons. The molecule has 0 fully saturated rings. The van der Waals surface area contributed by atoms with Crippen molar-refractivity contribution in [1.29, 1.82) is 0 Å². The fourth-order valence-corrected chi connectivity index (χ4v) is 0.679. The van der Waals surface area contributed by atoms with E-state index in [0.29, 0.717) is 0 Å². The molecule has 0 aliphatic carbocycles. The second-order valence-electron chi connectivity index (χ2n) is 2.23. The zero-order valence-corrected chi connectivity index (χ0v) is 5.89. The van der Waals surface area contributed by atoms with Crippen molar-refractivity contribution in [3.05, 3.63) is 24.2 Å². The van der Waals surface area contributed by atoms with Crippen molar-refractivity contribution in [3.63, 3.8) is 0 Å². The van der Waals surface area contributed by atoms with Gasteiger partial charge in [-0.2, -0.15) is 13.2 Å². The number of hydrogen-bond acceptors (Lipinski definition) is 2. The molecule has 1 aromatic rings. The molecule has 0 N–H and O–H groups in total. The Labute approximate surface area is 66.0 Å². The third kappa shape index (κ3) is 2.11. The first kappa shape index (κ1) is 8.83. The molecule has 0 aliphatic rings. The average molecular weight is 178 g/mol. The number of rotatable bonds is 2. The number of hydrogen-bond donors (Lipinski definition) is 0. The molecule has 0 aliphatic heterocycles. The quantitative estimate of drug-likeness (QED) is 0.692. The smallest absolute Gasteiger partial charge is 0.450 e. The van der Waals surface area contributed by atoms with Crippen LogP contribution >= 0.6 is 0 Å². The lowest BCUT2D eigenvalue weighted by atomic mass is 10.2. The Morgan fingerprint density at radius 3 is 2.58 bits per heavy atom. The monoisotopic (exact) mass is 178 g/mol. The van der Waals surface area contributed by atoms with Gasteiger partial charge in [0.25, 0.3) is 0 Å². The predicted octanol–water partition coefficient (Wildman–Crippen LogP) is 1.95. The summed E-state index contributed by atoms with van der Waals surface area (Å²) < 4.78 is 39.5. The van der Waals surface area contributed by atoms with Gasteiger partial charge in [0.15, 0.2) is 0 Å². The predicted molar refractivity (Wildman–Crippen MR) is 33.5 cm³/mol. The van der Waals surface area contributed by atoms with Gasteiger partial charge in [-0.05, 0) is 11.6 Å². The Kier molecular flexibility index (Phi) is 2.21. The molecule has 0 bridgehead atoms. The highest BCUT2D eigenvalue weighted by molar-refractivity contribution is 5.85. The molecule has 0 amide bonds. The molecule has 5 heteroatoms. The minimum absolute atomic E-state index is 0.234. The molecule has 0 atom stereocenters. The van der Waals surface area contributed by atoms with Crippen LogP contribution in [-0.2, 0) is 11.2 Å². The molecular formula is C7H5F3O2. The summed E-state index contributed by atoms with van der Waals surface area (Å²) in [6.45, 7) is 0. The molecule has 66 valence electrons. The molecule has 1 aromatic heterocycles. The Balaban J connectivity index is 2.60. The Hall–Kier alpha value is -1.26. The van der Waals surface area contributed by atoms with Gasteiger partial charge in [-0.15, -0.1) is 0 Å². The number of furan rings is 1. The van der Waals surface area contributed by atoms with Crippen LogP contribution in [0.15, 0.2) is 23.0 Å². The normalized spacial score (nSPS) is 11.6. The largest absolute Gasteiger partial charge is 0.472 e. The number of carbonyl (C=O) groups is 1. The van der Waals surface area contributed by atoms with E-state index in [-0.39, 0.29) is 5.56 Å². The summed E-state index contributed by atoms with van der Waals surface area (Å²) in [5.41, 5.74) is 0.234. The van der Waals surface area contributed by atoms with Gasteiger partial charge in [-0.3, -0.25) is 4.79 Å². The van der Waals surface area contributed by atoms with E-state index in [1.165, 1.54) is 12.3 Å². The fourth-order valence-electron chi connectivity index (χ4n) is 0.679. The summed E-state index contributed by atoms with van der Waals surface area (Å²) in [7, 11) is 0. The summed E-state index contributed by atoms with van der Waals surface area (Å²) >= 11 is 0. The average Bonchev–Trinajstić information content (AvgIpc) is 2.37. The highest BCUT2D eigenvalue weighted by Gasteiger charge is 2.37. The number of carbonyl (C=O) groups excluding carboxylic acids is 1.